The van der Waals surface area contributed by atoms with Crippen LogP contribution >= 0.6 is 0 Å². The standard InChI is InChI=1S/C15H28N2O2/c18-13-12-16-8-10-17(11-9-16)15(19)7-6-14-4-2-1-3-5-14/h14,18H,1-13H2. The van der Waals surface area contributed by atoms with Gasteiger partial charge in [0, 0.05) is 39.1 Å². The Balaban J connectivity index is 1.63. The highest BCUT2D eigenvalue weighted by molar-refractivity contribution is 5.76. The number of aliphatic hydroxyl groups excluding tert-OH is 1. The van der Waals surface area contributed by atoms with Crippen LogP contribution in [0.5, 0.6) is 0 Å². The van der Waals surface area contributed by atoms with E-state index in [0.29, 0.717) is 5.91 Å². The molecule has 1 aliphatic carbocycles. The van der Waals surface area contributed by atoms with Crippen molar-refractivity contribution in [3.8, 4) is 0 Å². The molecule has 0 spiro atoms. The lowest BCUT2D eigenvalue weighted by Crippen LogP contribution is -2.49. The number of carbonyl (C=O) groups is 1. The van der Waals surface area contributed by atoms with Crippen LogP contribution in [0.3, 0.4) is 0 Å². The Morgan fingerprint density at radius 1 is 1.05 bits per heavy atom. The average Bonchev–Trinajstić information content (AvgIpc) is 2.47. The van der Waals surface area contributed by atoms with Crippen molar-refractivity contribution in [2.75, 3.05) is 39.3 Å². The summed E-state index contributed by atoms with van der Waals surface area (Å²) >= 11 is 0. The van der Waals surface area contributed by atoms with Crippen molar-refractivity contribution in [3.05, 3.63) is 0 Å². The summed E-state index contributed by atoms with van der Waals surface area (Å²) in [7, 11) is 0. The Bertz CT molecular complexity index is 269. The second kappa shape index (κ2) is 7.85. The van der Waals surface area contributed by atoms with Crippen molar-refractivity contribution in [2.45, 2.75) is 44.9 Å². The molecule has 2 fully saturated rings. The average molecular weight is 268 g/mol. The van der Waals surface area contributed by atoms with E-state index in [9.17, 15) is 4.79 Å². The van der Waals surface area contributed by atoms with Crippen LogP contribution in [0.25, 0.3) is 0 Å². The third-order valence-corrected chi connectivity index (χ3v) is 4.63. The molecule has 19 heavy (non-hydrogen) atoms. The lowest BCUT2D eigenvalue weighted by atomic mass is 9.86. The maximum Gasteiger partial charge on any atom is 0.222 e. The minimum absolute atomic E-state index is 0.218. The monoisotopic (exact) mass is 268 g/mol. The first kappa shape index (κ1) is 14.8. The maximum absolute atomic E-state index is 12.2. The molecule has 1 heterocycles. The molecule has 4 nitrogen and oxygen atoms in total. The molecule has 1 aliphatic heterocycles. The highest BCUT2D eigenvalue weighted by atomic mass is 16.3. The topological polar surface area (TPSA) is 43.8 Å². The van der Waals surface area contributed by atoms with Crippen LogP contribution in [-0.4, -0.2) is 60.1 Å². The number of β-amino-alcohol motifs (C(OH)–C–C–N with tert-alkyl or cyclic N) is 1. The predicted molar refractivity (Wildman–Crippen MR) is 75.9 cm³/mol. The van der Waals surface area contributed by atoms with E-state index in [0.717, 1.165) is 51.5 Å². The van der Waals surface area contributed by atoms with E-state index in [2.05, 4.69) is 4.90 Å². The highest BCUT2D eigenvalue weighted by Gasteiger charge is 2.22. The van der Waals surface area contributed by atoms with Crippen molar-refractivity contribution in [3.63, 3.8) is 0 Å². The van der Waals surface area contributed by atoms with E-state index in [1.165, 1.54) is 32.1 Å². The Hall–Kier alpha value is -0.610. The van der Waals surface area contributed by atoms with Crippen molar-refractivity contribution >= 4 is 5.91 Å². The summed E-state index contributed by atoms with van der Waals surface area (Å²) in [5, 5.41) is 8.90. The fraction of sp³-hybridized carbons (Fsp3) is 0.933. The Kier molecular flexibility index (Phi) is 6.11. The molecule has 0 aromatic carbocycles. The van der Waals surface area contributed by atoms with Gasteiger partial charge in [0.2, 0.25) is 5.91 Å². The van der Waals surface area contributed by atoms with Gasteiger partial charge in [-0.25, -0.2) is 0 Å². The van der Waals surface area contributed by atoms with Gasteiger partial charge in [0.15, 0.2) is 0 Å². The van der Waals surface area contributed by atoms with Crippen molar-refractivity contribution < 1.29 is 9.90 Å². The molecule has 0 aromatic rings. The van der Waals surface area contributed by atoms with Crippen LogP contribution in [0.15, 0.2) is 0 Å². The molecule has 4 heteroatoms. The van der Waals surface area contributed by atoms with E-state index in [1.807, 2.05) is 4.90 Å². The molecular weight excluding hydrogens is 240 g/mol. The summed E-state index contributed by atoms with van der Waals surface area (Å²) in [5.41, 5.74) is 0. The summed E-state index contributed by atoms with van der Waals surface area (Å²) in [6, 6.07) is 0. The summed E-state index contributed by atoms with van der Waals surface area (Å²) < 4.78 is 0. The number of piperazine rings is 1. The molecule has 0 radical (unpaired) electrons. The third kappa shape index (κ3) is 4.77. The zero-order valence-electron chi connectivity index (χ0n) is 12.0. The minimum Gasteiger partial charge on any atom is -0.395 e. The summed E-state index contributed by atoms with van der Waals surface area (Å²) in [4.78, 5) is 16.4. The zero-order chi connectivity index (χ0) is 13.5. The first-order valence-electron chi connectivity index (χ1n) is 7.90. The summed E-state index contributed by atoms with van der Waals surface area (Å²) in [6.45, 7) is 4.46. The number of carbonyl (C=O) groups excluding carboxylic acids is 1. The Labute approximate surface area is 116 Å². The normalized spacial score (nSPS) is 22.7. The number of nitrogens with zero attached hydrogens (tertiary/aromatic N) is 2. The molecule has 0 aromatic heterocycles. The Morgan fingerprint density at radius 3 is 2.37 bits per heavy atom. The lowest BCUT2D eigenvalue weighted by molar-refractivity contribution is -0.133. The zero-order valence-corrected chi connectivity index (χ0v) is 12.0. The van der Waals surface area contributed by atoms with Crippen LogP contribution in [0.1, 0.15) is 44.9 Å². The van der Waals surface area contributed by atoms with Gasteiger partial charge in [-0.15, -0.1) is 0 Å². The van der Waals surface area contributed by atoms with Gasteiger partial charge in [0.25, 0.3) is 0 Å². The number of amides is 1. The van der Waals surface area contributed by atoms with E-state index < -0.39 is 0 Å². The molecule has 0 bridgehead atoms. The van der Waals surface area contributed by atoms with Crippen molar-refractivity contribution in [1.29, 1.82) is 0 Å². The van der Waals surface area contributed by atoms with Gasteiger partial charge in [-0.3, -0.25) is 9.69 Å². The largest absolute Gasteiger partial charge is 0.395 e. The lowest BCUT2D eigenvalue weighted by Gasteiger charge is -2.34. The number of hydrogen-bond donors (Lipinski definition) is 1. The van der Waals surface area contributed by atoms with Crippen LogP contribution in [0, 0.1) is 5.92 Å². The van der Waals surface area contributed by atoms with Crippen LogP contribution < -0.4 is 0 Å². The predicted octanol–water partition coefficient (Wildman–Crippen LogP) is 1.48. The van der Waals surface area contributed by atoms with Gasteiger partial charge >= 0.3 is 0 Å². The van der Waals surface area contributed by atoms with Gasteiger partial charge in [0.1, 0.15) is 0 Å². The molecule has 2 rings (SSSR count). The smallest absolute Gasteiger partial charge is 0.222 e. The number of hydrogen-bond acceptors (Lipinski definition) is 3. The van der Waals surface area contributed by atoms with E-state index >= 15 is 0 Å². The SMILES string of the molecule is O=C(CCC1CCCCC1)N1CCN(CCO)CC1. The van der Waals surface area contributed by atoms with Gasteiger partial charge in [-0.1, -0.05) is 32.1 Å². The minimum atomic E-state index is 0.218. The maximum atomic E-state index is 12.2. The Morgan fingerprint density at radius 2 is 1.74 bits per heavy atom. The fourth-order valence-corrected chi connectivity index (χ4v) is 3.32. The van der Waals surface area contributed by atoms with Gasteiger partial charge < -0.3 is 10.0 Å². The third-order valence-electron chi connectivity index (χ3n) is 4.63. The molecule has 1 amide bonds. The second-order valence-corrected chi connectivity index (χ2v) is 5.99. The molecule has 1 saturated heterocycles. The van der Waals surface area contributed by atoms with Gasteiger partial charge in [-0.05, 0) is 12.3 Å². The van der Waals surface area contributed by atoms with Gasteiger partial charge in [0.05, 0.1) is 6.61 Å². The first-order valence-corrected chi connectivity index (χ1v) is 7.90. The molecule has 110 valence electrons. The molecule has 1 N–H and O–H groups in total. The number of rotatable bonds is 5. The van der Waals surface area contributed by atoms with Crippen LogP contribution in [0.2, 0.25) is 0 Å². The van der Waals surface area contributed by atoms with E-state index in [1.54, 1.807) is 0 Å². The second-order valence-electron chi connectivity index (χ2n) is 5.99. The summed E-state index contributed by atoms with van der Waals surface area (Å²) in [6.07, 6.45) is 8.60. The molecular formula is C15H28N2O2. The molecule has 0 unspecified atom stereocenters. The van der Waals surface area contributed by atoms with Crippen LogP contribution in [0.4, 0.5) is 0 Å². The van der Waals surface area contributed by atoms with Crippen LogP contribution in [-0.2, 0) is 4.79 Å². The fourth-order valence-electron chi connectivity index (χ4n) is 3.32. The molecule has 2 aliphatic rings. The van der Waals surface area contributed by atoms with Gasteiger partial charge in [-0.2, -0.15) is 0 Å². The quantitative estimate of drug-likeness (QED) is 0.821. The van der Waals surface area contributed by atoms with Crippen molar-refractivity contribution in [1.82, 2.24) is 9.80 Å². The molecule has 0 atom stereocenters. The van der Waals surface area contributed by atoms with E-state index in [4.69, 9.17) is 5.11 Å². The summed E-state index contributed by atoms with van der Waals surface area (Å²) in [5.74, 6) is 1.14. The first-order chi connectivity index (χ1) is 9.29. The van der Waals surface area contributed by atoms with E-state index in [-0.39, 0.29) is 6.61 Å². The molecule has 1 saturated carbocycles. The van der Waals surface area contributed by atoms with Crippen molar-refractivity contribution in [2.24, 2.45) is 5.92 Å². The number of aliphatic hydroxyl groups is 1. The highest BCUT2D eigenvalue weighted by Crippen LogP contribution is 2.27.